The van der Waals surface area contributed by atoms with Crippen LogP contribution in [0.3, 0.4) is 0 Å². The molecule has 1 aliphatic heterocycles. The Morgan fingerprint density at radius 2 is 1.83 bits per heavy atom. The quantitative estimate of drug-likeness (QED) is 0.828. The molecule has 1 aliphatic rings. The topological polar surface area (TPSA) is 21.3 Å². The van der Waals surface area contributed by atoms with E-state index in [2.05, 4.69) is 5.32 Å². The van der Waals surface area contributed by atoms with Crippen LogP contribution in [0.15, 0.2) is 18.2 Å². The number of benzene rings is 1. The lowest BCUT2D eigenvalue weighted by Gasteiger charge is -2.24. The molecule has 1 saturated heterocycles. The number of hydrogen-bond acceptors (Lipinski definition) is 2. The van der Waals surface area contributed by atoms with E-state index < -0.39 is 17.6 Å². The first kappa shape index (κ1) is 13.1. The Bertz CT molecular complexity index is 413. The summed E-state index contributed by atoms with van der Waals surface area (Å²) in [6.45, 7) is 1.54. The van der Waals surface area contributed by atoms with Crippen molar-refractivity contribution in [1.29, 1.82) is 0 Å². The Hall–Kier alpha value is -1.30. The van der Waals surface area contributed by atoms with Crippen molar-refractivity contribution in [2.75, 3.05) is 13.1 Å². The molecule has 0 spiro atoms. The van der Waals surface area contributed by atoms with Crippen molar-refractivity contribution in [3.8, 4) is 5.75 Å². The number of ether oxygens (including phenoxy) is 1. The fraction of sp³-hybridized carbons (Fsp3) is 0.500. The van der Waals surface area contributed by atoms with E-state index in [1.807, 2.05) is 0 Å². The molecule has 2 rings (SSSR count). The number of alkyl halides is 3. The summed E-state index contributed by atoms with van der Waals surface area (Å²) in [4.78, 5) is 0. The van der Waals surface area contributed by atoms with Crippen molar-refractivity contribution in [1.82, 2.24) is 5.32 Å². The van der Waals surface area contributed by atoms with Crippen molar-refractivity contribution in [3.05, 3.63) is 29.6 Å². The average molecular weight is 263 g/mol. The molecule has 0 aromatic heterocycles. The van der Waals surface area contributed by atoms with Crippen molar-refractivity contribution in [2.24, 2.45) is 0 Å². The zero-order valence-electron chi connectivity index (χ0n) is 9.56. The third-order valence-electron chi connectivity index (χ3n) is 2.84. The van der Waals surface area contributed by atoms with Crippen LogP contribution in [-0.4, -0.2) is 19.2 Å². The number of piperidine rings is 1. The van der Waals surface area contributed by atoms with E-state index in [0.29, 0.717) is 6.07 Å². The van der Waals surface area contributed by atoms with Crippen LogP contribution in [0.25, 0.3) is 0 Å². The normalized spacial score (nSPS) is 17.8. The fourth-order valence-corrected chi connectivity index (χ4v) is 1.87. The van der Waals surface area contributed by atoms with Gasteiger partial charge in [0.05, 0.1) is 5.56 Å². The summed E-state index contributed by atoms with van der Waals surface area (Å²) < 4.78 is 55.9. The summed E-state index contributed by atoms with van der Waals surface area (Å²) in [5, 5.41) is 3.12. The molecule has 0 saturated carbocycles. The summed E-state index contributed by atoms with van der Waals surface area (Å²) in [5.74, 6) is -1.08. The molecule has 0 amide bonds. The Morgan fingerprint density at radius 3 is 2.39 bits per heavy atom. The Morgan fingerprint density at radius 1 is 1.17 bits per heavy atom. The summed E-state index contributed by atoms with van der Waals surface area (Å²) in [7, 11) is 0. The van der Waals surface area contributed by atoms with E-state index in [1.54, 1.807) is 0 Å². The van der Waals surface area contributed by atoms with Crippen molar-refractivity contribution >= 4 is 0 Å². The number of hydrogen-bond donors (Lipinski definition) is 1. The minimum atomic E-state index is -4.53. The summed E-state index contributed by atoms with van der Waals surface area (Å²) in [6, 6.07) is 2.34. The molecule has 1 aromatic carbocycles. The molecule has 1 N–H and O–H groups in total. The van der Waals surface area contributed by atoms with Crippen molar-refractivity contribution in [2.45, 2.75) is 25.1 Å². The van der Waals surface area contributed by atoms with Crippen LogP contribution in [0.5, 0.6) is 5.75 Å². The maximum absolute atomic E-state index is 13.5. The second-order valence-electron chi connectivity index (χ2n) is 4.21. The first-order valence-corrected chi connectivity index (χ1v) is 5.71. The first-order valence-electron chi connectivity index (χ1n) is 5.71. The lowest BCUT2D eigenvalue weighted by atomic mass is 10.1. The Labute approximate surface area is 102 Å². The van der Waals surface area contributed by atoms with Gasteiger partial charge in [0.1, 0.15) is 6.10 Å². The van der Waals surface area contributed by atoms with Crippen LogP contribution in [0, 0.1) is 5.82 Å². The van der Waals surface area contributed by atoms with Gasteiger partial charge in [-0.1, -0.05) is 0 Å². The fourth-order valence-electron chi connectivity index (χ4n) is 1.87. The van der Waals surface area contributed by atoms with Gasteiger partial charge in [0.2, 0.25) is 0 Å². The highest BCUT2D eigenvalue weighted by molar-refractivity contribution is 5.31. The largest absolute Gasteiger partial charge is 0.487 e. The van der Waals surface area contributed by atoms with Crippen LogP contribution in [-0.2, 0) is 6.18 Å². The van der Waals surface area contributed by atoms with Gasteiger partial charge in [-0.25, -0.2) is 4.39 Å². The number of rotatable bonds is 2. The Kier molecular flexibility index (Phi) is 3.75. The lowest BCUT2D eigenvalue weighted by molar-refractivity contribution is -0.137. The van der Waals surface area contributed by atoms with Gasteiger partial charge < -0.3 is 10.1 Å². The molecule has 0 unspecified atom stereocenters. The second-order valence-corrected chi connectivity index (χ2v) is 4.21. The predicted molar refractivity (Wildman–Crippen MR) is 57.9 cm³/mol. The maximum atomic E-state index is 13.5. The molecule has 1 heterocycles. The molecule has 100 valence electrons. The SMILES string of the molecule is Fc1cc(C(F)(F)F)ccc1OC1CCNCC1. The molecule has 0 aliphatic carbocycles. The maximum Gasteiger partial charge on any atom is 0.416 e. The molecule has 0 radical (unpaired) electrons. The second kappa shape index (κ2) is 5.14. The summed E-state index contributed by atoms with van der Waals surface area (Å²) in [5.41, 5.74) is -1.00. The smallest absolute Gasteiger partial charge is 0.416 e. The number of halogens is 4. The van der Waals surface area contributed by atoms with Crippen LogP contribution >= 0.6 is 0 Å². The average Bonchev–Trinajstić information content (AvgIpc) is 2.32. The molecule has 2 nitrogen and oxygen atoms in total. The van der Waals surface area contributed by atoms with Gasteiger partial charge >= 0.3 is 6.18 Å². The zero-order chi connectivity index (χ0) is 13.2. The highest BCUT2D eigenvalue weighted by Crippen LogP contribution is 2.32. The van der Waals surface area contributed by atoms with Gasteiger partial charge in [-0.3, -0.25) is 0 Å². The van der Waals surface area contributed by atoms with Gasteiger partial charge in [0, 0.05) is 0 Å². The lowest BCUT2D eigenvalue weighted by Crippen LogP contribution is -2.34. The standard InChI is InChI=1S/C12H13F4NO/c13-10-7-8(12(14,15)16)1-2-11(10)18-9-3-5-17-6-4-9/h1-2,7,9,17H,3-6H2. The molecule has 6 heteroatoms. The van der Waals surface area contributed by atoms with Crippen LogP contribution in [0.1, 0.15) is 18.4 Å². The predicted octanol–water partition coefficient (Wildman–Crippen LogP) is 2.98. The summed E-state index contributed by atoms with van der Waals surface area (Å²) in [6.07, 6.45) is -3.23. The third kappa shape index (κ3) is 3.13. The van der Waals surface area contributed by atoms with Crippen LogP contribution < -0.4 is 10.1 Å². The van der Waals surface area contributed by atoms with Crippen molar-refractivity contribution in [3.63, 3.8) is 0 Å². The van der Waals surface area contributed by atoms with Gasteiger partial charge in [-0.05, 0) is 44.1 Å². The van der Waals surface area contributed by atoms with E-state index in [4.69, 9.17) is 4.74 Å². The molecular formula is C12H13F4NO. The van der Waals surface area contributed by atoms with Gasteiger partial charge in [-0.2, -0.15) is 13.2 Å². The monoisotopic (exact) mass is 263 g/mol. The summed E-state index contributed by atoms with van der Waals surface area (Å²) >= 11 is 0. The highest BCUT2D eigenvalue weighted by atomic mass is 19.4. The van der Waals surface area contributed by atoms with E-state index in [-0.39, 0.29) is 11.9 Å². The Balaban J connectivity index is 2.09. The van der Waals surface area contributed by atoms with E-state index in [0.717, 1.165) is 38.1 Å². The molecule has 0 atom stereocenters. The molecular weight excluding hydrogens is 250 g/mol. The third-order valence-corrected chi connectivity index (χ3v) is 2.84. The van der Waals surface area contributed by atoms with Gasteiger partial charge in [-0.15, -0.1) is 0 Å². The minimum absolute atomic E-state index is 0.116. The highest BCUT2D eigenvalue weighted by Gasteiger charge is 2.31. The van der Waals surface area contributed by atoms with Gasteiger partial charge in [0.25, 0.3) is 0 Å². The van der Waals surface area contributed by atoms with Crippen molar-refractivity contribution < 1.29 is 22.3 Å². The molecule has 1 aromatic rings. The van der Waals surface area contributed by atoms with E-state index in [1.165, 1.54) is 0 Å². The van der Waals surface area contributed by atoms with Crippen LogP contribution in [0.4, 0.5) is 17.6 Å². The van der Waals surface area contributed by atoms with Gasteiger partial charge in [0.15, 0.2) is 11.6 Å². The zero-order valence-corrected chi connectivity index (χ0v) is 9.56. The molecule has 18 heavy (non-hydrogen) atoms. The van der Waals surface area contributed by atoms with E-state index >= 15 is 0 Å². The molecule has 1 fully saturated rings. The van der Waals surface area contributed by atoms with E-state index in [9.17, 15) is 17.6 Å². The first-order chi connectivity index (χ1) is 8.47. The molecule has 0 bridgehead atoms. The number of nitrogens with one attached hydrogen (secondary N) is 1. The van der Waals surface area contributed by atoms with Crippen LogP contribution in [0.2, 0.25) is 0 Å². The minimum Gasteiger partial charge on any atom is -0.487 e.